The highest BCUT2D eigenvalue weighted by Crippen LogP contribution is 2.38. The van der Waals surface area contributed by atoms with E-state index in [0.29, 0.717) is 6.54 Å². The molecule has 148 valence electrons. The van der Waals surface area contributed by atoms with Crippen LogP contribution in [0.2, 0.25) is 0 Å². The number of hydrogen-bond acceptors (Lipinski definition) is 4. The normalized spacial score (nSPS) is 21.9. The molecule has 0 radical (unpaired) electrons. The third-order valence-corrected chi connectivity index (χ3v) is 5.60. The zero-order valence-corrected chi connectivity index (χ0v) is 16.4. The molecule has 6 heteroatoms. The van der Waals surface area contributed by atoms with Crippen LogP contribution in [0.4, 0.5) is 0 Å². The molecule has 1 aromatic rings. The van der Waals surface area contributed by atoms with E-state index in [1.165, 1.54) is 16.2 Å². The number of allylic oxidation sites excluding steroid dienone is 1. The average Bonchev–Trinajstić information content (AvgIpc) is 3.04. The number of likely N-dealkylation sites (tertiary alicyclic amines) is 1. The molecule has 27 heavy (non-hydrogen) atoms. The molecule has 2 saturated heterocycles. The first-order valence-corrected chi connectivity index (χ1v) is 9.91. The summed E-state index contributed by atoms with van der Waals surface area (Å²) < 4.78 is 7.77. The number of pyridine rings is 1. The molecular weight excluding hydrogens is 342 g/mol. The van der Waals surface area contributed by atoms with Crippen LogP contribution in [0.1, 0.15) is 39.5 Å². The van der Waals surface area contributed by atoms with Crippen LogP contribution in [-0.4, -0.2) is 53.3 Å². The summed E-state index contributed by atoms with van der Waals surface area (Å²) in [5.41, 5.74) is 1.19. The Morgan fingerprint density at radius 3 is 2.78 bits per heavy atom. The van der Waals surface area contributed by atoms with Crippen molar-refractivity contribution in [3.05, 3.63) is 46.4 Å². The minimum atomic E-state index is -0.163. The number of piperidine rings is 1. The van der Waals surface area contributed by atoms with Gasteiger partial charge in [0.25, 0.3) is 5.56 Å². The van der Waals surface area contributed by atoms with E-state index in [2.05, 4.69) is 30.1 Å². The van der Waals surface area contributed by atoms with Gasteiger partial charge in [0.1, 0.15) is 6.54 Å². The van der Waals surface area contributed by atoms with E-state index >= 15 is 0 Å². The molecule has 1 spiro atoms. The second kappa shape index (κ2) is 8.85. The zero-order valence-electron chi connectivity index (χ0n) is 16.4. The number of nitrogens with one attached hydrogen (secondary N) is 1. The Morgan fingerprint density at radius 2 is 2.07 bits per heavy atom. The highest BCUT2D eigenvalue weighted by atomic mass is 16.5. The molecule has 1 N–H and O–H groups in total. The van der Waals surface area contributed by atoms with Gasteiger partial charge in [-0.2, -0.15) is 0 Å². The van der Waals surface area contributed by atoms with Crippen molar-refractivity contribution in [1.29, 1.82) is 0 Å². The topological polar surface area (TPSA) is 63.6 Å². The fourth-order valence-electron chi connectivity index (χ4n) is 3.89. The Kier molecular flexibility index (Phi) is 6.50. The van der Waals surface area contributed by atoms with Crippen molar-refractivity contribution in [2.24, 2.45) is 0 Å². The van der Waals surface area contributed by atoms with Gasteiger partial charge in [0.15, 0.2) is 0 Å². The Bertz CT molecular complexity index is 728. The van der Waals surface area contributed by atoms with Gasteiger partial charge in [-0.3, -0.25) is 14.5 Å². The summed E-state index contributed by atoms with van der Waals surface area (Å²) in [6.07, 6.45) is 8.17. The van der Waals surface area contributed by atoms with Crippen LogP contribution in [-0.2, 0) is 16.1 Å². The van der Waals surface area contributed by atoms with Gasteiger partial charge in [-0.1, -0.05) is 17.7 Å². The summed E-state index contributed by atoms with van der Waals surface area (Å²) in [6, 6.07) is 4.89. The highest BCUT2D eigenvalue weighted by Gasteiger charge is 2.42. The van der Waals surface area contributed by atoms with Crippen LogP contribution in [0.15, 0.2) is 40.8 Å². The number of carbonyl (C=O) groups excluding carboxylic acids is 1. The Balaban J connectivity index is 1.41. The molecule has 2 aliphatic rings. The van der Waals surface area contributed by atoms with Crippen LogP contribution in [0.25, 0.3) is 0 Å². The van der Waals surface area contributed by atoms with Crippen molar-refractivity contribution in [2.75, 3.05) is 26.2 Å². The number of aromatic nitrogens is 1. The summed E-state index contributed by atoms with van der Waals surface area (Å²) >= 11 is 0. The van der Waals surface area contributed by atoms with E-state index in [1.54, 1.807) is 18.3 Å². The largest absolute Gasteiger partial charge is 0.370 e. The highest BCUT2D eigenvalue weighted by molar-refractivity contribution is 5.75. The molecule has 1 aromatic heterocycles. The molecule has 1 unspecified atom stereocenters. The third kappa shape index (κ3) is 5.53. The molecule has 0 bridgehead atoms. The SMILES string of the molecule is CC(C)=CCN1CCC2(CCC(CNC(=O)Cn3ccccc3=O)O2)CC1. The molecule has 0 aliphatic carbocycles. The van der Waals surface area contributed by atoms with E-state index in [0.717, 1.165) is 45.3 Å². The second-order valence-corrected chi connectivity index (χ2v) is 8.01. The Hall–Kier alpha value is -1.92. The van der Waals surface area contributed by atoms with Gasteiger partial charge in [-0.25, -0.2) is 0 Å². The maximum absolute atomic E-state index is 12.1. The van der Waals surface area contributed by atoms with Crippen LogP contribution < -0.4 is 10.9 Å². The molecule has 3 rings (SSSR count). The first-order valence-electron chi connectivity index (χ1n) is 9.91. The maximum atomic E-state index is 12.1. The van der Waals surface area contributed by atoms with Crippen molar-refractivity contribution in [2.45, 2.75) is 57.8 Å². The van der Waals surface area contributed by atoms with Crippen LogP contribution >= 0.6 is 0 Å². The third-order valence-electron chi connectivity index (χ3n) is 5.60. The molecule has 6 nitrogen and oxygen atoms in total. The Morgan fingerprint density at radius 1 is 1.30 bits per heavy atom. The van der Waals surface area contributed by atoms with Crippen molar-refractivity contribution in [1.82, 2.24) is 14.8 Å². The van der Waals surface area contributed by atoms with E-state index in [-0.39, 0.29) is 29.7 Å². The number of amides is 1. The van der Waals surface area contributed by atoms with E-state index in [4.69, 9.17) is 4.74 Å². The van der Waals surface area contributed by atoms with Gasteiger partial charge in [-0.05, 0) is 45.6 Å². The number of hydrogen-bond donors (Lipinski definition) is 1. The molecule has 1 atom stereocenters. The molecule has 2 aliphatic heterocycles. The van der Waals surface area contributed by atoms with E-state index in [1.807, 2.05) is 0 Å². The fourth-order valence-corrected chi connectivity index (χ4v) is 3.89. The lowest BCUT2D eigenvalue weighted by atomic mass is 9.88. The zero-order chi connectivity index (χ0) is 19.3. The predicted molar refractivity (Wildman–Crippen MR) is 106 cm³/mol. The van der Waals surface area contributed by atoms with Crippen LogP contribution in [0, 0.1) is 0 Å². The predicted octanol–water partition coefficient (Wildman–Crippen LogP) is 1.94. The number of nitrogens with zero attached hydrogens (tertiary/aromatic N) is 2. The summed E-state index contributed by atoms with van der Waals surface area (Å²) in [6.45, 7) is 8.01. The smallest absolute Gasteiger partial charge is 0.250 e. The van der Waals surface area contributed by atoms with Crippen molar-refractivity contribution in [3.63, 3.8) is 0 Å². The number of rotatable bonds is 6. The lowest BCUT2D eigenvalue weighted by Crippen LogP contribution is -2.45. The van der Waals surface area contributed by atoms with E-state index < -0.39 is 0 Å². The number of ether oxygens (including phenoxy) is 1. The second-order valence-electron chi connectivity index (χ2n) is 8.01. The van der Waals surface area contributed by atoms with Gasteiger partial charge >= 0.3 is 0 Å². The van der Waals surface area contributed by atoms with Crippen LogP contribution in [0.3, 0.4) is 0 Å². The molecule has 1 amide bonds. The molecule has 0 saturated carbocycles. The van der Waals surface area contributed by atoms with Crippen LogP contribution in [0.5, 0.6) is 0 Å². The first kappa shape index (κ1) is 19.8. The standard InChI is InChI=1S/C21H31N3O3/c1-17(2)7-12-23-13-9-21(10-14-23)8-6-18(27-21)15-22-19(25)16-24-11-4-3-5-20(24)26/h3-5,7,11,18H,6,8-10,12-16H2,1-2H3,(H,22,25). The number of carbonyl (C=O) groups is 1. The van der Waals surface area contributed by atoms with Gasteiger partial charge in [0, 0.05) is 38.4 Å². The molecule has 3 heterocycles. The summed E-state index contributed by atoms with van der Waals surface area (Å²) in [5.74, 6) is -0.149. The van der Waals surface area contributed by atoms with Gasteiger partial charge in [0.2, 0.25) is 5.91 Å². The molecule has 2 fully saturated rings. The average molecular weight is 373 g/mol. The van der Waals surface area contributed by atoms with Crippen molar-refractivity contribution >= 4 is 5.91 Å². The van der Waals surface area contributed by atoms with Crippen molar-refractivity contribution < 1.29 is 9.53 Å². The van der Waals surface area contributed by atoms with Gasteiger partial charge in [0.05, 0.1) is 11.7 Å². The summed E-state index contributed by atoms with van der Waals surface area (Å²) in [5, 5.41) is 2.92. The molecule has 0 aromatic carbocycles. The van der Waals surface area contributed by atoms with Gasteiger partial charge < -0.3 is 14.6 Å². The maximum Gasteiger partial charge on any atom is 0.250 e. The first-order chi connectivity index (χ1) is 13.0. The molecular formula is C21H31N3O3. The Labute approximate surface area is 161 Å². The lowest BCUT2D eigenvalue weighted by molar-refractivity contribution is -0.123. The minimum absolute atomic E-state index is 0.00671. The summed E-state index contributed by atoms with van der Waals surface area (Å²) in [4.78, 5) is 26.3. The van der Waals surface area contributed by atoms with E-state index in [9.17, 15) is 9.59 Å². The quantitative estimate of drug-likeness (QED) is 0.774. The minimum Gasteiger partial charge on any atom is -0.370 e. The van der Waals surface area contributed by atoms with Crippen molar-refractivity contribution in [3.8, 4) is 0 Å². The van der Waals surface area contributed by atoms with Gasteiger partial charge in [-0.15, -0.1) is 0 Å². The lowest BCUT2D eigenvalue weighted by Gasteiger charge is -2.39. The monoisotopic (exact) mass is 373 g/mol. The fraction of sp³-hybridized carbons (Fsp3) is 0.619. The summed E-state index contributed by atoms with van der Waals surface area (Å²) in [7, 11) is 0.